The first kappa shape index (κ1) is 15.8. The van der Waals surface area contributed by atoms with Crippen molar-refractivity contribution in [2.24, 2.45) is 0 Å². The molecule has 2 aromatic rings. The molecular weight excluding hydrogens is 357 g/mol. The molecule has 0 heterocycles. The maximum Gasteiger partial charge on any atom is 0.0595 e. The minimum Gasteiger partial charge on any atom is -0.310 e. The van der Waals surface area contributed by atoms with Crippen molar-refractivity contribution in [1.82, 2.24) is 5.32 Å². The van der Waals surface area contributed by atoms with Crippen molar-refractivity contribution < 1.29 is 0 Å². The van der Waals surface area contributed by atoms with Crippen molar-refractivity contribution in [3.8, 4) is 0 Å². The fourth-order valence-corrected chi connectivity index (χ4v) is 2.71. The topological polar surface area (TPSA) is 12.0 Å². The van der Waals surface area contributed by atoms with Gasteiger partial charge in [0.15, 0.2) is 0 Å². The molecule has 0 fully saturated rings. The summed E-state index contributed by atoms with van der Waals surface area (Å²) in [5.74, 6) is 0. The summed E-state index contributed by atoms with van der Waals surface area (Å²) in [6.07, 6.45) is 0.916. The first-order chi connectivity index (χ1) is 9.60. The van der Waals surface area contributed by atoms with Crippen LogP contribution in [0.4, 0.5) is 0 Å². The SMILES string of the molecule is CCNC(Cc1ccc(Br)cc1)c1ccc(Cl)c(Cl)c1. The Hall–Kier alpha value is -0.540. The smallest absolute Gasteiger partial charge is 0.0595 e. The summed E-state index contributed by atoms with van der Waals surface area (Å²) in [7, 11) is 0. The quantitative estimate of drug-likeness (QED) is 0.714. The Balaban J connectivity index is 2.21. The molecule has 0 aromatic heterocycles. The zero-order chi connectivity index (χ0) is 14.5. The second kappa shape index (κ2) is 7.46. The van der Waals surface area contributed by atoms with E-state index in [4.69, 9.17) is 23.2 Å². The normalized spacial score (nSPS) is 12.4. The number of hydrogen-bond donors (Lipinski definition) is 1. The van der Waals surface area contributed by atoms with Crippen LogP contribution >= 0.6 is 39.1 Å². The van der Waals surface area contributed by atoms with E-state index >= 15 is 0 Å². The van der Waals surface area contributed by atoms with Crippen LogP contribution in [0.5, 0.6) is 0 Å². The lowest BCUT2D eigenvalue weighted by atomic mass is 9.99. The van der Waals surface area contributed by atoms with Gasteiger partial charge in [0.1, 0.15) is 0 Å². The molecule has 1 N–H and O–H groups in total. The number of benzene rings is 2. The average molecular weight is 373 g/mol. The summed E-state index contributed by atoms with van der Waals surface area (Å²) in [6.45, 7) is 3.01. The van der Waals surface area contributed by atoms with E-state index in [2.05, 4.69) is 52.4 Å². The molecule has 2 aromatic carbocycles. The molecule has 1 nitrogen and oxygen atoms in total. The highest BCUT2D eigenvalue weighted by molar-refractivity contribution is 9.10. The van der Waals surface area contributed by atoms with E-state index in [1.54, 1.807) is 0 Å². The van der Waals surface area contributed by atoms with Gasteiger partial charge in [-0.1, -0.05) is 64.3 Å². The number of halogens is 3. The van der Waals surface area contributed by atoms with Crippen molar-refractivity contribution in [3.05, 3.63) is 68.1 Å². The Bertz CT molecular complexity index is 569. The van der Waals surface area contributed by atoms with E-state index in [-0.39, 0.29) is 6.04 Å². The molecule has 0 saturated carbocycles. The highest BCUT2D eigenvalue weighted by Crippen LogP contribution is 2.27. The highest BCUT2D eigenvalue weighted by Gasteiger charge is 2.12. The van der Waals surface area contributed by atoms with Crippen LogP contribution in [0.25, 0.3) is 0 Å². The van der Waals surface area contributed by atoms with Gasteiger partial charge >= 0.3 is 0 Å². The summed E-state index contributed by atoms with van der Waals surface area (Å²) in [5.41, 5.74) is 2.44. The lowest BCUT2D eigenvalue weighted by molar-refractivity contribution is 0.550. The van der Waals surface area contributed by atoms with Crippen LogP contribution in [0, 0.1) is 0 Å². The molecule has 4 heteroatoms. The van der Waals surface area contributed by atoms with Gasteiger partial charge in [0, 0.05) is 10.5 Å². The van der Waals surface area contributed by atoms with Gasteiger partial charge in [0.25, 0.3) is 0 Å². The molecule has 2 rings (SSSR count). The van der Waals surface area contributed by atoms with Gasteiger partial charge in [-0.2, -0.15) is 0 Å². The Morgan fingerprint density at radius 3 is 2.35 bits per heavy atom. The van der Waals surface area contributed by atoms with E-state index in [9.17, 15) is 0 Å². The van der Waals surface area contributed by atoms with Crippen LogP contribution in [0.1, 0.15) is 24.1 Å². The van der Waals surface area contributed by atoms with E-state index in [1.165, 1.54) is 5.56 Å². The third-order valence-corrected chi connectivity index (χ3v) is 4.42. The number of hydrogen-bond acceptors (Lipinski definition) is 1. The fourth-order valence-electron chi connectivity index (χ4n) is 2.14. The van der Waals surface area contributed by atoms with Crippen molar-refractivity contribution in [3.63, 3.8) is 0 Å². The molecular formula is C16H16BrCl2N. The van der Waals surface area contributed by atoms with Crippen LogP contribution in [0.3, 0.4) is 0 Å². The summed E-state index contributed by atoms with van der Waals surface area (Å²) in [6, 6.07) is 14.4. The first-order valence-corrected chi connectivity index (χ1v) is 8.08. The van der Waals surface area contributed by atoms with Gasteiger partial charge in [0.2, 0.25) is 0 Å². The zero-order valence-electron chi connectivity index (χ0n) is 11.2. The fraction of sp³-hybridized carbons (Fsp3) is 0.250. The third kappa shape index (κ3) is 4.23. The van der Waals surface area contributed by atoms with Crippen LogP contribution < -0.4 is 5.32 Å². The van der Waals surface area contributed by atoms with Gasteiger partial charge < -0.3 is 5.32 Å². The summed E-state index contributed by atoms with van der Waals surface area (Å²) < 4.78 is 1.09. The van der Waals surface area contributed by atoms with Crippen molar-refractivity contribution in [2.75, 3.05) is 6.54 Å². The maximum atomic E-state index is 6.12. The average Bonchev–Trinajstić information content (AvgIpc) is 2.44. The van der Waals surface area contributed by atoms with E-state index in [0.717, 1.165) is 23.0 Å². The molecule has 0 aliphatic heterocycles. The van der Waals surface area contributed by atoms with Gasteiger partial charge in [0.05, 0.1) is 10.0 Å². The molecule has 1 atom stereocenters. The summed E-state index contributed by atoms with van der Waals surface area (Å²) >= 11 is 15.6. The molecule has 0 amide bonds. The third-order valence-electron chi connectivity index (χ3n) is 3.15. The molecule has 0 saturated heterocycles. The second-order valence-electron chi connectivity index (χ2n) is 4.61. The Labute approximate surface area is 138 Å². The minimum absolute atomic E-state index is 0.232. The monoisotopic (exact) mass is 371 g/mol. The minimum atomic E-state index is 0.232. The Kier molecular flexibility index (Phi) is 5.91. The Morgan fingerprint density at radius 2 is 1.75 bits per heavy atom. The van der Waals surface area contributed by atoms with E-state index < -0.39 is 0 Å². The second-order valence-corrected chi connectivity index (χ2v) is 6.34. The number of likely N-dealkylation sites (N-methyl/N-ethyl adjacent to an activating group) is 1. The largest absolute Gasteiger partial charge is 0.310 e. The van der Waals surface area contributed by atoms with E-state index in [1.807, 2.05) is 18.2 Å². The predicted molar refractivity (Wildman–Crippen MR) is 90.7 cm³/mol. The van der Waals surface area contributed by atoms with Crippen molar-refractivity contribution in [1.29, 1.82) is 0 Å². The van der Waals surface area contributed by atoms with Crippen LogP contribution in [-0.2, 0) is 6.42 Å². The lowest BCUT2D eigenvalue weighted by Crippen LogP contribution is -2.22. The number of rotatable bonds is 5. The molecule has 0 aliphatic carbocycles. The molecule has 0 radical (unpaired) electrons. The first-order valence-electron chi connectivity index (χ1n) is 6.53. The van der Waals surface area contributed by atoms with Crippen LogP contribution in [0.15, 0.2) is 46.9 Å². The van der Waals surface area contributed by atoms with Crippen molar-refractivity contribution >= 4 is 39.1 Å². The molecule has 1 unspecified atom stereocenters. The van der Waals surface area contributed by atoms with Gasteiger partial charge in [-0.25, -0.2) is 0 Å². The molecule has 0 aliphatic rings. The van der Waals surface area contributed by atoms with Gasteiger partial charge in [-0.15, -0.1) is 0 Å². The van der Waals surface area contributed by atoms with Crippen LogP contribution in [-0.4, -0.2) is 6.54 Å². The summed E-state index contributed by atoms with van der Waals surface area (Å²) in [5, 5.41) is 4.69. The standard InChI is InChI=1S/C16H16BrCl2N/c1-2-20-16(9-11-3-6-13(17)7-4-11)12-5-8-14(18)15(19)10-12/h3-8,10,16,20H,2,9H2,1H3. The number of nitrogens with one attached hydrogen (secondary N) is 1. The molecule has 20 heavy (non-hydrogen) atoms. The molecule has 0 bridgehead atoms. The summed E-state index contributed by atoms with van der Waals surface area (Å²) in [4.78, 5) is 0. The molecule has 0 spiro atoms. The van der Waals surface area contributed by atoms with Crippen molar-refractivity contribution in [2.45, 2.75) is 19.4 Å². The zero-order valence-corrected chi connectivity index (χ0v) is 14.3. The highest BCUT2D eigenvalue weighted by atomic mass is 79.9. The Morgan fingerprint density at radius 1 is 1.05 bits per heavy atom. The molecule has 106 valence electrons. The predicted octanol–water partition coefficient (Wildman–Crippen LogP) is 5.65. The van der Waals surface area contributed by atoms with E-state index in [0.29, 0.717) is 10.0 Å². The van der Waals surface area contributed by atoms with Gasteiger partial charge in [-0.05, 0) is 48.4 Å². The lowest BCUT2D eigenvalue weighted by Gasteiger charge is -2.19. The van der Waals surface area contributed by atoms with Gasteiger partial charge in [-0.3, -0.25) is 0 Å². The maximum absolute atomic E-state index is 6.12. The van der Waals surface area contributed by atoms with Crippen LogP contribution in [0.2, 0.25) is 10.0 Å².